The number of hydrogen-bond donors (Lipinski definition) is 1. The first-order valence-electron chi connectivity index (χ1n) is 15.7. The van der Waals surface area contributed by atoms with Gasteiger partial charge in [0.05, 0.1) is 31.2 Å². The number of aliphatic hydroxyl groups excluding tert-OH is 1. The molecule has 1 N–H and O–H groups in total. The second kappa shape index (κ2) is 14.2. The number of carbonyl (C=O) groups is 3. The third-order valence-electron chi connectivity index (χ3n) is 9.45. The van der Waals surface area contributed by atoms with E-state index in [4.69, 9.17) is 9.47 Å². The first-order chi connectivity index (χ1) is 20.9. The van der Waals surface area contributed by atoms with E-state index in [-0.39, 0.29) is 24.3 Å². The van der Waals surface area contributed by atoms with Crippen LogP contribution in [0.1, 0.15) is 31.2 Å². The maximum atomic E-state index is 14.5. The zero-order valence-corrected chi connectivity index (χ0v) is 25.1. The van der Waals surface area contributed by atoms with Gasteiger partial charge < -0.3 is 29.3 Å². The van der Waals surface area contributed by atoms with Crippen LogP contribution < -0.4 is 0 Å². The largest absolute Gasteiger partial charge is 0.396 e. The number of aliphatic hydroxyl groups is 1. The van der Waals surface area contributed by atoms with Crippen LogP contribution in [0.4, 0.5) is 0 Å². The summed E-state index contributed by atoms with van der Waals surface area (Å²) in [6.07, 6.45) is 5.26. The molecular formula is C33H46N4O6. The Balaban J connectivity index is 1.42. The zero-order valence-electron chi connectivity index (χ0n) is 25.1. The Kier molecular flexibility index (Phi) is 10.3. The van der Waals surface area contributed by atoms with Crippen LogP contribution in [0.2, 0.25) is 0 Å². The van der Waals surface area contributed by atoms with Crippen LogP contribution >= 0.6 is 0 Å². The Morgan fingerprint density at radius 1 is 1.02 bits per heavy atom. The molecule has 234 valence electrons. The number of hydrogen-bond acceptors (Lipinski definition) is 7. The summed E-state index contributed by atoms with van der Waals surface area (Å²) in [5.74, 6) is -1.87. The predicted molar refractivity (Wildman–Crippen MR) is 162 cm³/mol. The van der Waals surface area contributed by atoms with E-state index < -0.39 is 29.6 Å². The Morgan fingerprint density at radius 2 is 1.74 bits per heavy atom. The predicted octanol–water partition coefficient (Wildman–Crippen LogP) is 1.70. The first-order valence-corrected chi connectivity index (χ1v) is 15.7. The maximum absolute atomic E-state index is 14.5. The van der Waals surface area contributed by atoms with E-state index in [0.29, 0.717) is 78.2 Å². The average molecular weight is 595 g/mol. The van der Waals surface area contributed by atoms with Gasteiger partial charge in [0.1, 0.15) is 11.6 Å². The minimum Gasteiger partial charge on any atom is -0.396 e. The maximum Gasteiger partial charge on any atom is 0.248 e. The summed E-state index contributed by atoms with van der Waals surface area (Å²) in [7, 11) is 0. The van der Waals surface area contributed by atoms with Crippen molar-refractivity contribution in [1.82, 2.24) is 19.6 Å². The molecule has 5 atom stereocenters. The van der Waals surface area contributed by atoms with E-state index in [1.54, 1.807) is 26.9 Å². The molecule has 0 saturated carbocycles. The molecule has 4 aliphatic rings. The quantitative estimate of drug-likeness (QED) is 0.244. The molecule has 2 unspecified atom stereocenters. The van der Waals surface area contributed by atoms with Crippen LogP contribution in [0.15, 0.2) is 55.6 Å². The molecule has 10 heteroatoms. The van der Waals surface area contributed by atoms with Crippen molar-refractivity contribution < 1.29 is 29.0 Å². The molecule has 3 amide bonds. The highest BCUT2D eigenvalue weighted by molar-refractivity contribution is 5.99. The second-order valence-electron chi connectivity index (χ2n) is 12.0. The van der Waals surface area contributed by atoms with Crippen molar-refractivity contribution in [2.45, 2.75) is 50.0 Å². The Hall–Kier alpha value is -3.05. The summed E-state index contributed by atoms with van der Waals surface area (Å²) in [5, 5.41) is 9.46. The lowest BCUT2D eigenvalue weighted by Crippen LogP contribution is -2.57. The molecule has 0 aromatic heterocycles. The molecule has 2 bridgehead atoms. The van der Waals surface area contributed by atoms with Gasteiger partial charge in [-0.2, -0.15) is 0 Å². The van der Waals surface area contributed by atoms with Gasteiger partial charge in [-0.1, -0.05) is 42.5 Å². The lowest BCUT2D eigenvalue weighted by atomic mass is 9.70. The monoisotopic (exact) mass is 594 g/mol. The van der Waals surface area contributed by atoms with Crippen molar-refractivity contribution in [3.8, 4) is 0 Å². The van der Waals surface area contributed by atoms with E-state index in [9.17, 15) is 19.5 Å². The number of benzene rings is 1. The Labute approximate surface area is 254 Å². The number of ether oxygens (including phenoxy) is 2. The fraction of sp³-hybridized carbons (Fsp3) is 0.606. The Bertz CT molecular complexity index is 1160. The Morgan fingerprint density at radius 3 is 2.44 bits per heavy atom. The van der Waals surface area contributed by atoms with Crippen LogP contribution in [-0.2, 0) is 30.4 Å². The molecule has 1 aromatic carbocycles. The summed E-state index contributed by atoms with van der Waals surface area (Å²) in [6.45, 7) is 13.4. The minimum atomic E-state index is -1.05. The molecule has 1 aromatic rings. The summed E-state index contributed by atoms with van der Waals surface area (Å²) in [4.78, 5) is 50.5. The average Bonchev–Trinajstić information content (AvgIpc) is 3.67. The van der Waals surface area contributed by atoms with E-state index in [1.807, 2.05) is 30.3 Å². The smallest absolute Gasteiger partial charge is 0.248 e. The zero-order chi connectivity index (χ0) is 30.4. The molecule has 1 spiro atoms. The van der Waals surface area contributed by atoms with Gasteiger partial charge in [0.2, 0.25) is 17.7 Å². The third-order valence-corrected chi connectivity index (χ3v) is 9.45. The number of nitrogens with zero attached hydrogens (tertiary/aromatic N) is 4. The van der Waals surface area contributed by atoms with Gasteiger partial charge in [-0.05, 0) is 31.2 Å². The fourth-order valence-electron chi connectivity index (χ4n) is 7.46. The van der Waals surface area contributed by atoms with Crippen LogP contribution in [-0.4, -0.2) is 126 Å². The molecule has 0 aliphatic carbocycles. The SMILES string of the molecule is C=CCN(CCN1CCOCC1)C(=O)C1N(CCCCO)C(=O)[C@@H]2[C@H](C(=O)N(CC=C)Cc3ccccc3)[C@@H]3CCC12O3. The van der Waals surface area contributed by atoms with Crippen LogP contribution in [0.5, 0.6) is 0 Å². The lowest BCUT2D eigenvalue weighted by molar-refractivity contribution is -0.149. The summed E-state index contributed by atoms with van der Waals surface area (Å²) >= 11 is 0. The van der Waals surface area contributed by atoms with Crippen molar-refractivity contribution >= 4 is 17.7 Å². The van der Waals surface area contributed by atoms with Crippen molar-refractivity contribution in [3.05, 3.63) is 61.2 Å². The summed E-state index contributed by atoms with van der Waals surface area (Å²) in [6, 6.07) is 8.95. The number of fused-ring (bicyclic) bond motifs is 1. The fourth-order valence-corrected chi connectivity index (χ4v) is 7.46. The van der Waals surface area contributed by atoms with Crippen LogP contribution in [0.25, 0.3) is 0 Å². The number of likely N-dealkylation sites (tertiary alicyclic amines) is 1. The third kappa shape index (κ3) is 6.29. The standard InChI is InChI=1S/C33H46N4O6/c1-3-14-35(18-17-34-19-22-42-23-20-34)32(41)29-33-13-12-26(43-33)27(28(33)31(40)37(29)16-8-9-21-38)30(39)36(15-4-2)24-25-10-6-5-7-11-25/h3-7,10-11,26-29,38H,1-2,8-9,12-24H2/t26-,27+,28-,29?,33?/m0/s1. The molecule has 0 radical (unpaired) electrons. The van der Waals surface area contributed by atoms with Crippen molar-refractivity contribution in [2.24, 2.45) is 11.8 Å². The molecule has 4 fully saturated rings. The number of amides is 3. The second-order valence-corrected chi connectivity index (χ2v) is 12.0. The van der Waals surface area contributed by atoms with Crippen LogP contribution in [0, 0.1) is 11.8 Å². The lowest BCUT2D eigenvalue weighted by Gasteiger charge is -2.37. The summed E-state index contributed by atoms with van der Waals surface area (Å²) in [5.41, 5.74) is -0.0585. The van der Waals surface area contributed by atoms with Gasteiger partial charge in [0.25, 0.3) is 0 Å². The molecule has 4 heterocycles. The molecular weight excluding hydrogens is 548 g/mol. The highest BCUT2D eigenvalue weighted by atomic mass is 16.5. The van der Waals surface area contributed by atoms with Crippen LogP contribution in [0.3, 0.4) is 0 Å². The number of carbonyl (C=O) groups excluding carboxylic acids is 3. The van der Waals surface area contributed by atoms with Crippen molar-refractivity contribution in [3.63, 3.8) is 0 Å². The van der Waals surface area contributed by atoms with E-state index in [0.717, 1.165) is 18.7 Å². The highest BCUT2D eigenvalue weighted by Crippen LogP contribution is 2.59. The van der Waals surface area contributed by atoms with Gasteiger partial charge in [0.15, 0.2) is 0 Å². The molecule has 4 aliphatic heterocycles. The molecule has 4 saturated heterocycles. The molecule has 5 rings (SSSR count). The first kappa shape index (κ1) is 31.4. The molecule has 10 nitrogen and oxygen atoms in total. The van der Waals surface area contributed by atoms with E-state index >= 15 is 0 Å². The van der Waals surface area contributed by atoms with Gasteiger partial charge in [0, 0.05) is 59.0 Å². The minimum absolute atomic E-state index is 0.00698. The van der Waals surface area contributed by atoms with Crippen molar-refractivity contribution in [2.75, 3.05) is 65.6 Å². The van der Waals surface area contributed by atoms with Gasteiger partial charge >= 0.3 is 0 Å². The van der Waals surface area contributed by atoms with Gasteiger partial charge in [-0.25, -0.2) is 0 Å². The van der Waals surface area contributed by atoms with E-state index in [1.165, 1.54) is 0 Å². The molecule has 43 heavy (non-hydrogen) atoms. The highest BCUT2D eigenvalue weighted by Gasteiger charge is 2.74. The van der Waals surface area contributed by atoms with Gasteiger partial charge in [-0.15, -0.1) is 13.2 Å². The number of unbranched alkanes of at least 4 members (excludes halogenated alkanes) is 1. The van der Waals surface area contributed by atoms with Gasteiger partial charge in [-0.3, -0.25) is 19.3 Å². The topological polar surface area (TPSA) is 103 Å². The number of morpholine rings is 1. The summed E-state index contributed by atoms with van der Waals surface area (Å²) < 4.78 is 12.2. The van der Waals surface area contributed by atoms with E-state index in [2.05, 4.69) is 18.1 Å². The number of rotatable bonds is 15. The normalized spacial score (nSPS) is 28.1. The van der Waals surface area contributed by atoms with Crippen molar-refractivity contribution in [1.29, 1.82) is 0 Å².